The van der Waals surface area contributed by atoms with Crippen molar-refractivity contribution in [2.24, 2.45) is 0 Å². The SMILES string of the molecule is Cc1nc(CN(C)[C@@H]2CCN(CCOC[C@H]3CCCO3)C2)no1. The summed E-state index contributed by atoms with van der Waals surface area (Å²) < 4.78 is 16.4. The van der Waals surface area contributed by atoms with Gasteiger partial charge in [0.1, 0.15) is 0 Å². The van der Waals surface area contributed by atoms with Crippen LogP contribution in [0.25, 0.3) is 0 Å². The van der Waals surface area contributed by atoms with E-state index in [1.807, 2.05) is 6.92 Å². The summed E-state index contributed by atoms with van der Waals surface area (Å²) in [6, 6.07) is 0.548. The van der Waals surface area contributed by atoms with Gasteiger partial charge in [0.15, 0.2) is 5.82 Å². The Balaban J connectivity index is 1.31. The van der Waals surface area contributed by atoms with Gasteiger partial charge in [-0.25, -0.2) is 0 Å². The second kappa shape index (κ2) is 8.19. The van der Waals surface area contributed by atoms with E-state index in [4.69, 9.17) is 14.0 Å². The normalized spacial score (nSPS) is 25.7. The monoisotopic (exact) mass is 324 g/mol. The smallest absolute Gasteiger partial charge is 0.223 e. The molecule has 130 valence electrons. The Morgan fingerprint density at radius 1 is 1.39 bits per heavy atom. The van der Waals surface area contributed by atoms with Gasteiger partial charge < -0.3 is 14.0 Å². The molecule has 0 radical (unpaired) electrons. The zero-order valence-corrected chi connectivity index (χ0v) is 14.2. The van der Waals surface area contributed by atoms with E-state index in [0.29, 0.717) is 18.0 Å². The second-order valence-electron chi connectivity index (χ2n) is 6.60. The van der Waals surface area contributed by atoms with E-state index < -0.39 is 0 Å². The van der Waals surface area contributed by atoms with Gasteiger partial charge in [0.25, 0.3) is 0 Å². The minimum atomic E-state index is 0.325. The first-order valence-corrected chi connectivity index (χ1v) is 8.62. The zero-order valence-electron chi connectivity index (χ0n) is 14.2. The highest BCUT2D eigenvalue weighted by Crippen LogP contribution is 2.16. The molecule has 0 spiro atoms. The maximum absolute atomic E-state index is 5.76. The molecule has 0 aromatic carbocycles. The van der Waals surface area contributed by atoms with Gasteiger partial charge in [0, 0.05) is 32.7 Å². The average molecular weight is 324 g/mol. The zero-order chi connectivity index (χ0) is 16.1. The molecular formula is C16H28N4O3. The molecule has 0 aliphatic carbocycles. The molecule has 0 bridgehead atoms. The Hall–Kier alpha value is -1.02. The number of nitrogens with zero attached hydrogens (tertiary/aromatic N) is 4. The number of aryl methyl sites for hydroxylation is 1. The van der Waals surface area contributed by atoms with E-state index in [1.165, 1.54) is 12.8 Å². The standard InChI is InChI=1S/C16H28N4O3/c1-13-17-16(18-23-13)11-19(2)14-5-6-20(10-14)7-9-21-12-15-4-3-8-22-15/h14-15H,3-12H2,1-2H3/t14-,15-/m1/s1. The fourth-order valence-electron chi connectivity index (χ4n) is 3.32. The first-order chi connectivity index (χ1) is 11.2. The molecule has 3 heterocycles. The van der Waals surface area contributed by atoms with Crippen LogP contribution < -0.4 is 0 Å². The first kappa shape index (κ1) is 16.8. The van der Waals surface area contributed by atoms with Gasteiger partial charge in [-0.15, -0.1) is 0 Å². The van der Waals surface area contributed by atoms with Gasteiger partial charge >= 0.3 is 0 Å². The van der Waals surface area contributed by atoms with Crippen LogP contribution in [0.2, 0.25) is 0 Å². The van der Waals surface area contributed by atoms with E-state index in [-0.39, 0.29) is 0 Å². The molecule has 23 heavy (non-hydrogen) atoms. The van der Waals surface area contributed by atoms with Gasteiger partial charge in [0.05, 0.1) is 25.9 Å². The van der Waals surface area contributed by atoms with Crippen molar-refractivity contribution in [2.45, 2.75) is 44.9 Å². The van der Waals surface area contributed by atoms with Crippen molar-refractivity contribution in [3.05, 3.63) is 11.7 Å². The molecule has 7 heteroatoms. The molecule has 2 atom stereocenters. The lowest BCUT2D eigenvalue weighted by molar-refractivity contribution is 0.0116. The molecule has 2 aliphatic heterocycles. The van der Waals surface area contributed by atoms with Crippen LogP contribution >= 0.6 is 0 Å². The predicted molar refractivity (Wildman–Crippen MR) is 85.1 cm³/mol. The van der Waals surface area contributed by atoms with Crippen LogP contribution in [0.5, 0.6) is 0 Å². The van der Waals surface area contributed by atoms with Crippen molar-refractivity contribution in [1.29, 1.82) is 0 Å². The maximum atomic E-state index is 5.76. The number of aromatic nitrogens is 2. The molecule has 2 aliphatic rings. The van der Waals surface area contributed by atoms with Crippen molar-refractivity contribution in [2.75, 3.05) is 46.5 Å². The minimum absolute atomic E-state index is 0.325. The summed E-state index contributed by atoms with van der Waals surface area (Å²) in [7, 11) is 2.13. The maximum Gasteiger partial charge on any atom is 0.223 e. The van der Waals surface area contributed by atoms with E-state index >= 15 is 0 Å². The van der Waals surface area contributed by atoms with Gasteiger partial charge in [-0.05, 0) is 32.9 Å². The molecule has 0 N–H and O–H groups in total. The number of likely N-dealkylation sites (N-methyl/N-ethyl adjacent to an activating group) is 1. The average Bonchev–Trinajstić information content (AvgIpc) is 3.25. The van der Waals surface area contributed by atoms with Crippen molar-refractivity contribution in [3.8, 4) is 0 Å². The first-order valence-electron chi connectivity index (χ1n) is 8.62. The summed E-state index contributed by atoms with van der Waals surface area (Å²) in [4.78, 5) is 9.06. The Kier molecular flexibility index (Phi) is 5.99. The lowest BCUT2D eigenvalue weighted by Crippen LogP contribution is -2.35. The van der Waals surface area contributed by atoms with Crippen LogP contribution in [0, 0.1) is 6.92 Å². The summed E-state index contributed by atoms with van der Waals surface area (Å²) in [5.74, 6) is 1.40. The third-order valence-corrected chi connectivity index (χ3v) is 4.71. The Morgan fingerprint density at radius 2 is 2.30 bits per heavy atom. The summed E-state index contributed by atoms with van der Waals surface area (Å²) in [6.07, 6.45) is 3.82. The highest BCUT2D eigenvalue weighted by molar-refractivity contribution is 4.88. The molecule has 3 rings (SSSR count). The summed E-state index contributed by atoms with van der Waals surface area (Å²) in [6.45, 7) is 8.21. The fraction of sp³-hybridized carbons (Fsp3) is 0.875. The summed E-state index contributed by atoms with van der Waals surface area (Å²) in [5.41, 5.74) is 0. The third kappa shape index (κ3) is 4.97. The molecule has 0 saturated carbocycles. The number of hydrogen-bond acceptors (Lipinski definition) is 7. The number of ether oxygens (including phenoxy) is 2. The van der Waals surface area contributed by atoms with Gasteiger partial charge in [-0.1, -0.05) is 5.16 Å². The Labute approximate surface area is 137 Å². The topological polar surface area (TPSA) is 63.9 Å². The van der Waals surface area contributed by atoms with Crippen molar-refractivity contribution in [1.82, 2.24) is 19.9 Å². The molecule has 2 fully saturated rings. The van der Waals surface area contributed by atoms with Gasteiger partial charge in [-0.3, -0.25) is 9.80 Å². The van der Waals surface area contributed by atoms with Crippen LogP contribution in [0.1, 0.15) is 31.0 Å². The molecule has 1 aromatic heterocycles. The minimum Gasteiger partial charge on any atom is -0.377 e. The molecular weight excluding hydrogens is 296 g/mol. The molecule has 0 amide bonds. The van der Waals surface area contributed by atoms with Crippen LogP contribution in [0.3, 0.4) is 0 Å². The van der Waals surface area contributed by atoms with E-state index in [9.17, 15) is 0 Å². The predicted octanol–water partition coefficient (Wildman–Crippen LogP) is 1.08. The third-order valence-electron chi connectivity index (χ3n) is 4.71. The Morgan fingerprint density at radius 3 is 3.04 bits per heavy atom. The number of likely N-dealkylation sites (tertiary alicyclic amines) is 1. The van der Waals surface area contributed by atoms with Crippen molar-refractivity contribution < 1.29 is 14.0 Å². The van der Waals surface area contributed by atoms with Crippen LogP contribution in [0.15, 0.2) is 4.52 Å². The summed E-state index contributed by atoms with van der Waals surface area (Å²) >= 11 is 0. The second-order valence-corrected chi connectivity index (χ2v) is 6.60. The summed E-state index contributed by atoms with van der Waals surface area (Å²) in [5, 5.41) is 3.97. The number of hydrogen-bond donors (Lipinski definition) is 0. The fourth-order valence-corrected chi connectivity index (χ4v) is 3.32. The molecule has 0 unspecified atom stereocenters. The van der Waals surface area contributed by atoms with Gasteiger partial charge in [0.2, 0.25) is 5.89 Å². The molecule has 1 aromatic rings. The van der Waals surface area contributed by atoms with Gasteiger partial charge in [-0.2, -0.15) is 4.98 Å². The quantitative estimate of drug-likeness (QED) is 0.663. The number of rotatable bonds is 8. The molecule has 2 saturated heterocycles. The highest BCUT2D eigenvalue weighted by Gasteiger charge is 2.26. The van der Waals surface area contributed by atoms with Crippen LogP contribution in [-0.4, -0.2) is 78.6 Å². The van der Waals surface area contributed by atoms with E-state index in [2.05, 4.69) is 27.0 Å². The lowest BCUT2D eigenvalue weighted by Gasteiger charge is -2.23. The lowest BCUT2D eigenvalue weighted by atomic mass is 10.2. The van der Waals surface area contributed by atoms with Crippen molar-refractivity contribution >= 4 is 0 Å². The van der Waals surface area contributed by atoms with Crippen LogP contribution in [0.4, 0.5) is 0 Å². The van der Waals surface area contributed by atoms with E-state index in [1.54, 1.807) is 0 Å². The van der Waals surface area contributed by atoms with Crippen LogP contribution in [-0.2, 0) is 16.0 Å². The van der Waals surface area contributed by atoms with Crippen molar-refractivity contribution in [3.63, 3.8) is 0 Å². The largest absolute Gasteiger partial charge is 0.377 e. The molecule has 7 nitrogen and oxygen atoms in total. The highest BCUT2D eigenvalue weighted by atomic mass is 16.5. The van der Waals surface area contributed by atoms with E-state index in [0.717, 1.165) is 58.2 Å². The Bertz CT molecular complexity index is 476.